The van der Waals surface area contributed by atoms with Gasteiger partial charge in [-0.2, -0.15) is 0 Å². The third-order valence-electron chi connectivity index (χ3n) is 3.75. The maximum atomic E-state index is 11.9. The highest BCUT2D eigenvalue weighted by Crippen LogP contribution is 2.16. The van der Waals surface area contributed by atoms with Gasteiger partial charge < -0.3 is 5.32 Å². The number of hydrogen-bond acceptors (Lipinski definition) is 5. The quantitative estimate of drug-likeness (QED) is 0.894. The second-order valence-electron chi connectivity index (χ2n) is 5.32. The van der Waals surface area contributed by atoms with Crippen LogP contribution in [0.4, 0.5) is 9.93 Å². The van der Waals surface area contributed by atoms with Crippen molar-refractivity contribution in [3.05, 3.63) is 5.01 Å². The lowest BCUT2D eigenvalue weighted by Gasteiger charge is -2.36. The fourth-order valence-electron chi connectivity index (χ4n) is 2.45. The van der Waals surface area contributed by atoms with Crippen molar-refractivity contribution in [2.24, 2.45) is 0 Å². The van der Waals surface area contributed by atoms with Crippen LogP contribution in [0.5, 0.6) is 0 Å². The molecule has 6 nitrogen and oxygen atoms in total. The summed E-state index contributed by atoms with van der Waals surface area (Å²) in [6, 6.07) is 0.609. The minimum Gasteiger partial charge on any atom is -0.334 e. The average Bonchev–Trinajstić information content (AvgIpc) is 2.83. The predicted octanol–water partition coefficient (Wildman–Crippen LogP) is 2.23. The molecular weight excluding hydrogens is 274 g/mol. The highest BCUT2D eigenvalue weighted by atomic mass is 32.1. The molecule has 2 atom stereocenters. The Morgan fingerprint density at radius 3 is 3.00 bits per heavy atom. The number of nitrogens with zero attached hydrogens (tertiary/aromatic N) is 3. The number of aryl methyl sites for hydroxylation is 1. The Bertz CT molecular complexity index is 450. The van der Waals surface area contributed by atoms with Crippen molar-refractivity contribution < 1.29 is 4.79 Å². The van der Waals surface area contributed by atoms with Gasteiger partial charge >= 0.3 is 6.03 Å². The van der Waals surface area contributed by atoms with Crippen molar-refractivity contribution in [1.82, 2.24) is 20.4 Å². The number of anilines is 1. The van der Waals surface area contributed by atoms with E-state index in [1.807, 2.05) is 6.92 Å². The van der Waals surface area contributed by atoms with Gasteiger partial charge in [-0.1, -0.05) is 18.3 Å². The van der Waals surface area contributed by atoms with Crippen LogP contribution in [-0.4, -0.2) is 46.3 Å². The van der Waals surface area contributed by atoms with Crippen molar-refractivity contribution in [1.29, 1.82) is 0 Å². The number of amides is 2. The number of carbonyl (C=O) groups is 1. The molecule has 2 unspecified atom stereocenters. The molecule has 2 rings (SSSR count). The molecule has 0 saturated carbocycles. The fourth-order valence-corrected chi connectivity index (χ4v) is 3.04. The first kappa shape index (κ1) is 15.2. The molecule has 1 saturated heterocycles. The van der Waals surface area contributed by atoms with E-state index in [1.165, 1.54) is 11.3 Å². The van der Waals surface area contributed by atoms with Crippen molar-refractivity contribution in [3.63, 3.8) is 0 Å². The standard InChI is InChI=1S/C13H23N5OS/c1-4-9(2)18-7-5-6-11(8-18)14-12(19)15-13-17-16-10(3)20-13/h9,11H,4-8H2,1-3H3,(H2,14,15,17,19). The second kappa shape index (κ2) is 6.99. The van der Waals surface area contributed by atoms with E-state index in [-0.39, 0.29) is 12.1 Å². The zero-order valence-corrected chi connectivity index (χ0v) is 13.2. The Morgan fingerprint density at radius 2 is 2.35 bits per heavy atom. The van der Waals surface area contributed by atoms with Crippen molar-refractivity contribution in [2.45, 2.75) is 52.1 Å². The van der Waals surface area contributed by atoms with Crippen LogP contribution < -0.4 is 10.6 Å². The fraction of sp³-hybridized carbons (Fsp3) is 0.769. The number of piperidine rings is 1. The first-order valence-electron chi connectivity index (χ1n) is 7.20. The van der Waals surface area contributed by atoms with Gasteiger partial charge in [0.05, 0.1) is 0 Å². The molecule has 20 heavy (non-hydrogen) atoms. The van der Waals surface area contributed by atoms with Gasteiger partial charge in [0.1, 0.15) is 5.01 Å². The van der Waals surface area contributed by atoms with Crippen LogP contribution in [0.2, 0.25) is 0 Å². The zero-order valence-electron chi connectivity index (χ0n) is 12.3. The highest BCUT2D eigenvalue weighted by molar-refractivity contribution is 7.15. The Balaban J connectivity index is 1.81. The van der Waals surface area contributed by atoms with Crippen LogP contribution in [0.3, 0.4) is 0 Å². The number of rotatable bonds is 4. The zero-order chi connectivity index (χ0) is 14.5. The summed E-state index contributed by atoms with van der Waals surface area (Å²) >= 11 is 1.38. The van der Waals surface area contributed by atoms with E-state index in [9.17, 15) is 4.79 Å². The summed E-state index contributed by atoms with van der Waals surface area (Å²) in [5.74, 6) is 0. The van der Waals surface area contributed by atoms with E-state index in [1.54, 1.807) is 0 Å². The molecule has 1 fully saturated rings. The normalized spacial score (nSPS) is 21.4. The smallest absolute Gasteiger partial charge is 0.321 e. The molecule has 7 heteroatoms. The Morgan fingerprint density at radius 1 is 1.55 bits per heavy atom. The monoisotopic (exact) mass is 297 g/mol. The lowest BCUT2D eigenvalue weighted by Crippen LogP contribution is -2.51. The number of likely N-dealkylation sites (tertiary alicyclic amines) is 1. The van der Waals surface area contributed by atoms with Gasteiger partial charge in [-0.05, 0) is 39.7 Å². The molecule has 1 aliphatic rings. The van der Waals surface area contributed by atoms with Crippen LogP contribution in [-0.2, 0) is 0 Å². The average molecular weight is 297 g/mol. The van der Waals surface area contributed by atoms with Gasteiger partial charge in [-0.25, -0.2) is 4.79 Å². The first-order chi connectivity index (χ1) is 9.58. The summed E-state index contributed by atoms with van der Waals surface area (Å²) in [6.45, 7) is 8.37. The van der Waals surface area contributed by atoms with Gasteiger partial charge in [0, 0.05) is 18.6 Å². The van der Waals surface area contributed by atoms with Gasteiger partial charge in [-0.15, -0.1) is 10.2 Å². The van der Waals surface area contributed by atoms with Crippen LogP contribution in [0.15, 0.2) is 0 Å². The molecule has 0 aliphatic carbocycles. The van der Waals surface area contributed by atoms with E-state index in [2.05, 4.69) is 39.6 Å². The summed E-state index contributed by atoms with van der Waals surface area (Å²) in [4.78, 5) is 14.4. The summed E-state index contributed by atoms with van der Waals surface area (Å²) < 4.78 is 0. The molecule has 0 bridgehead atoms. The van der Waals surface area contributed by atoms with Crippen molar-refractivity contribution >= 4 is 22.5 Å². The SMILES string of the molecule is CCC(C)N1CCCC(NC(=O)Nc2nnc(C)s2)C1. The summed E-state index contributed by atoms with van der Waals surface area (Å²) in [5.41, 5.74) is 0. The summed E-state index contributed by atoms with van der Waals surface area (Å²) in [6.07, 6.45) is 3.31. The number of urea groups is 1. The second-order valence-corrected chi connectivity index (χ2v) is 6.50. The highest BCUT2D eigenvalue weighted by Gasteiger charge is 2.24. The number of carbonyl (C=O) groups excluding carboxylic acids is 1. The first-order valence-corrected chi connectivity index (χ1v) is 8.01. The molecule has 2 heterocycles. The minimum absolute atomic E-state index is 0.183. The van der Waals surface area contributed by atoms with E-state index >= 15 is 0 Å². The van der Waals surface area contributed by atoms with E-state index in [0.29, 0.717) is 11.2 Å². The summed E-state index contributed by atoms with van der Waals surface area (Å²) in [5, 5.41) is 14.9. The lowest BCUT2D eigenvalue weighted by molar-refractivity contribution is 0.145. The van der Waals surface area contributed by atoms with Crippen molar-refractivity contribution in [2.75, 3.05) is 18.4 Å². The van der Waals surface area contributed by atoms with Gasteiger partial charge in [0.25, 0.3) is 0 Å². The molecule has 1 aliphatic heterocycles. The van der Waals surface area contributed by atoms with Gasteiger partial charge in [0.2, 0.25) is 5.13 Å². The topological polar surface area (TPSA) is 70.2 Å². The Hall–Kier alpha value is -1.21. The van der Waals surface area contributed by atoms with Crippen LogP contribution in [0.1, 0.15) is 38.1 Å². The third-order valence-corrected chi connectivity index (χ3v) is 4.50. The van der Waals surface area contributed by atoms with Gasteiger partial charge in [-0.3, -0.25) is 10.2 Å². The predicted molar refractivity (Wildman–Crippen MR) is 81.1 cm³/mol. The molecule has 0 aromatic carbocycles. The number of nitrogens with one attached hydrogen (secondary N) is 2. The third kappa shape index (κ3) is 4.14. The molecule has 0 radical (unpaired) electrons. The van der Waals surface area contributed by atoms with Crippen molar-refractivity contribution in [3.8, 4) is 0 Å². The maximum Gasteiger partial charge on any atom is 0.321 e. The minimum atomic E-state index is -0.183. The van der Waals surface area contributed by atoms with Gasteiger partial charge in [0.15, 0.2) is 0 Å². The van der Waals surface area contributed by atoms with Crippen LogP contribution in [0, 0.1) is 6.92 Å². The Labute approximate surface area is 124 Å². The molecule has 0 spiro atoms. The molecular formula is C13H23N5OS. The lowest BCUT2D eigenvalue weighted by atomic mass is 10.0. The molecule has 1 aromatic rings. The number of hydrogen-bond donors (Lipinski definition) is 2. The molecule has 1 aromatic heterocycles. The number of aromatic nitrogens is 2. The Kier molecular flexibility index (Phi) is 5.31. The molecule has 2 amide bonds. The van der Waals surface area contributed by atoms with E-state index < -0.39 is 0 Å². The van der Waals surface area contributed by atoms with E-state index in [0.717, 1.165) is 37.4 Å². The largest absolute Gasteiger partial charge is 0.334 e. The summed E-state index contributed by atoms with van der Waals surface area (Å²) in [7, 11) is 0. The van der Waals surface area contributed by atoms with Crippen LogP contribution in [0.25, 0.3) is 0 Å². The molecule has 2 N–H and O–H groups in total. The van der Waals surface area contributed by atoms with Crippen LogP contribution >= 0.6 is 11.3 Å². The van der Waals surface area contributed by atoms with E-state index in [4.69, 9.17) is 0 Å². The molecule has 112 valence electrons. The maximum absolute atomic E-state index is 11.9.